The van der Waals surface area contributed by atoms with Crippen molar-refractivity contribution in [1.82, 2.24) is 16.0 Å². The van der Waals surface area contributed by atoms with Gasteiger partial charge in [-0.05, 0) is 44.9 Å². The second kappa shape index (κ2) is 13.5. The van der Waals surface area contributed by atoms with Crippen molar-refractivity contribution in [3.8, 4) is 11.5 Å². The fourth-order valence-corrected chi connectivity index (χ4v) is 2.68. The first-order valence-electron chi connectivity index (χ1n) is 10.2. The molecule has 1 aromatic rings. The Hall–Kier alpha value is -1.91. The minimum absolute atomic E-state index is 0. The van der Waals surface area contributed by atoms with Gasteiger partial charge in [-0.1, -0.05) is 19.9 Å². The summed E-state index contributed by atoms with van der Waals surface area (Å²) in [6, 6.07) is 5.96. The molecule has 0 atom stereocenters. The van der Waals surface area contributed by atoms with Crippen molar-refractivity contribution in [3.05, 3.63) is 23.8 Å². The van der Waals surface area contributed by atoms with Gasteiger partial charge >= 0.3 is 6.09 Å². The van der Waals surface area contributed by atoms with Crippen LogP contribution in [0, 0.1) is 0 Å². The molecular weight excluding hydrogens is 511 g/mol. The molecule has 0 saturated heterocycles. The number of benzene rings is 1. The lowest BCUT2D eigenvalue weighted by Gasteiger charge is -2.27. The number of guanidine groups is 1. The van der Waals surface area contributed by atoms with E-state index >= 15 is 0 Å². The largest absolute Gasteiger partial charge is 0.493 e. The van der Waals surface area contributed by atoms with Crippen LogP contribution in [0.15, 0.2) is 23.2 Å². The smallest absolute Gasteiger partial charge is 0.407 e. The van der Waals surface area contributed by atoms with Crippen molar-refractivity contribution < 1.29 is 19.0 Å². The summed E-state index contributed by atoms with van der Waals surface area (Å²) in [4.78, 5) is 15.9. The van der Waals surface area contributed by atoms with Crippen LogP contribution in [0.2, 0.25) is 0 Å². The van der Waals surface area contributed by atoms with Gasteiger partial charge < -0.3 is 30.2 Å². The highest BCUT2D eigenvalue weighted by Crippen LogP contribution is 2.32. The lowest BCUT2D eigenvalue weighted by Crippen LogP contribution is -2.44. The number of carbonyl (C=O) groups is 1. The van der Waals surface area contributed by atoms with Crippen LogP contribution in [0.5, 0.6) is 11.5 Å². The van der Waals surface area contributed by atoms with E-state index in [1.807, 2.05) is 39.0 Å². The fourth-order valence-electron chi connectivity index (χ4n) is 2.68. The Morgan fingerprint density at radius 2 is 1.58 bits per heavy atom. The summed E-state index contributed by atoms with van der Waals surface area (Å²) in [6.07, 6.45) is 0.348. The monoisotopic (exact) mass is 550 g/mol. The molecule has 0 aliphatic carbocycles. The molecule has 0 aliphatic heterocycles. The molecule has 0 saturated carbocycles. The van der Waals surface area contributed by atoms with Crippen LogP contribution in [0.25, 0.3) is 0 Å². The number of methoxy groups -OCH3 is 2. The summed E-state index contributed by atoms with van der Waals surface area (Å²) in [7, 11) is 5.00. The Morgan fingerprint density at radius 3 is 2.13 bits per heavy atom. The van der Waals surface area contributed by atoms with E-state index < -0.39 is 11.7 Å². The van der Waals surface area contributed by atoms with Gasteiger partial charge in [0.2, 0.25) is 0 Å². The Morgan fingerprint density at radius 1 is 0.968 bits per heavy atom. The van der Waals surface area contributed by atoms with Crippen LogP contribution in [-0.4, -0.2) is 58.6 Å². The third-order valence-corrected chi connectivity index (χ3v) is 4.40. The van der Waals surface area contributed by atoms with Crippen LogP contribution in [0.4, 0.5) is 4.79 Å². The molecule has 0 fully saturated rings. The van der Waals surface area contributed by atoms with E-state index in [0.29, 0.717) is 37.1 Å². The summed E-state index contributed by atoms with van der Waals surface area (Å²) in [5.74, 6) is 2.13. The first-order valence-corrected chi connectivity index (χ1v) is 10.2. The minimum atomic E-state index is -0.491. The third-order valence-electron chi connectivity index (χ3n) is 4.40. The zero-order valence-electron chi connectivity index (χ0n) is 20.0. The zero-order valence-corrected chi connectivity index (χ0v) is 22.4. The number of nitrogens with one attached hydrogen (secondary N) is 3. The highest BCUT2D eigenvalue weighted by Gasteiger charge is 2.23. The second-order valence-corrected chi connectivity index (χ2v) is 8.59. The van der Waals surface area contributed by atoms with Gasteiger partial charge in [-0.15, -0.1) is 24.0 Å². The number of hydrogen-bond donors (Lipinski definition) is 3. The number of amides is 1. The maximum absolute atomic E-state index is 11.6. The van der Waals surface area contributed by atoms with Crippen molar-refractivity contribution >= 4 is 36.0 Å². The quantitative estimate of drug-likeness (QED) is 0.188. The predicted octanol–water partition coefficient (Wildman–Crippen LogP) is 3.68. The number of hydrogen-bond acceptors (Lipinski definition) is 5. The number of nitrogens with zero attached hydrogens (tertiary/aromatic N) is 1. The molecular formula is C22H39IN4O4. The predicted molar refractivity (Wildman–Crippen MR) is 136 cm³/mol. The molecule has 1 aromatic carbocycles. The minimum Gasteiger partial charge on any atom is -0.493 e. The molecule has 1 amide bonds. The topological polar surface area (TPSA) is 93.2 Å². The Bertz CT molecular complexity index is 718. The number of rotatable bonds is 9. The van der Waals surface area contributed by atoms with Gasteiger partial charge in [0.05, 0.1) is 14.2 Å². The van der Waals surface area contributed by atoms with Crippen LogP contribution in [0.1, 0.15) is 46.6 Å². The molecule has 1 rings (SSSR count). The molecule has 3 N–H and O–H groups in total. The van der Waals surface area contributed by atoms with E-state index in [2.05, 4.69) is 34.8 Å². The van der Waals surface area contributed by atoms with E-state index in [-0.39, 0.29) is 29.4 Å². The average Bonchev–Trinajstić information content (AvgIpc) is 2.68. The lowest BCUT2D eigenvalue weighted by molar-refractivity contribution is 0.0527. The van der Waals surface area contributed by atoms with Gasteiger partial charge in [0.15, 0.2) is 17.5 Å². The SMILES string of the molecule is CN=C(NCCCNC(=O)OC(C)(C)C)NCC(C)(C)c1ccc(OC)c(OC)c1.I. The average molecular weight is 550 g/mol. The maximum atomic E-state index is 11.6. The third kappa shape index (κ3) is 10.8. The van der Waals surface area contributed by atoms with Gasteiger partial charge in [-0.25, -0.2) is 4.79 Å². The number of carbonyl (C=O) groups excluding carboxylic acids is 1. The first kappa shape index (κ1) is 29.1. The van der Waals surface area contributed by atoms with E-state index in [4.69, 9.17) is 14.2 Å². The molecule has 0 spiro atoms. The van der Waals surface area contributed by atoms with Gasteiger partial charge in [0.25, 0.3) is 0 Å². The Kier molecular flexibility index (Phi) is 12.7. The van der Waals surface area contributed by atoms with Crippen molar-refractivity contribution in [3.63, 3.8) is 0 Å². The van der Waals surface area contributed by atoms with Gasteiger partial charge in [-0.3, -0.25) is 4.99 Å². The number of halogens is 1. The highest BCUT2D eigenvalue weighted by molar-refractivity contribution is 14.0. The Labute approximate surface area is 203 Å². The molecule has 0 bridgehead atoms. The molecule has 0 heterocycles. The summed E-state index contributed by atoms with van der Waals surface area (Å²) in [5.41, 5.74) is 0.481. The summed E-state index contributed by atoms with van der Waals surface area (Å²) >= 11 is 0. The van der Waals surface area contributed by atoms with Crippen molar-refractivity contribution in [2.45, 2.75) is 52.1 Å². The van der Waals surface area contributed by atoms with Gasteiger partial charge in [0.1, 0.15) is 5.60 Å². The van der Waals surface area contributed by atoms with Crippen molar-refractivity contribution in [2.75, 3.05) is 40.9 Å². The summed E-state index contributed by atoms with van der Waals surface area (Å²) in [6.45, 7) is 11.7. The Balaban J connectivity index is 0.00000900. The van der Waals surface area contributed by atoms with E-state index in [1.54, 1.807) is 21.3 Å². The van der Waals surface area contributed by atoms with Crippen molar-refractivity contribution in [1.29, 1.82) is 0 Å². The molecule has 178 valence electrons. The van der Waals surface area contributed by atoms with Gasteiger partial charge in [-0.2, -0.15) is 0 Å². The first-order chi connectivity index (χ1) is 14.0. The van der Waals surface area contributed by atoms with Crippen LogP contribution < -0.4 is 25.4 Å². The summed E-state index contributed by atoms with van der Waals surface area (Å²) < 4.78 is 15.9. The van der Waals surface area contributed by atoms with E-state index in [0.717, 1.165) is 12.0 Å². The van der Waals surface area contributed by atoms with Crippen LogP contribution >= 0.6 is 24.0 Å². The highest BCUT2D eigenvalue weighted by atomic mass is 127. The molecule has 0 radical (unpaired) electrons. The number of ether oxygens (including phenoxy) is 3. The molecule has 9 heteroatoms. The van der Waals surface area contributed by atoms with Gasteiger partial charge in [0, 0.05) is 32.1 Å². The van der Waals surface area contributed by atoms with Crippen molar-refractivity contribution in [2.24, 2.45) is 4.99 Å². The molecule has 31 heavy (non-hydrogen) atoms. The normalized spacial score (nSPS) is 11.8. The van der Waals surface area contributed by atoms with E-state index in [1.165, 1.54) is 0 Å². The standard InChI is InChI=1S/C22H38N4O4.HI/c1-21(2,3)30-20(27)25-13-9-12-24-19(23-6)26-15-22(4,5)16-10-11-17(28-7)18(14-16)29-8;/h10-11,14H,9,12-13,15H2,1-8H3,(H,25,27)(H2,23,24,26);1H. The maximum Gasteiger partial charge on any atom is 0.407 e. The number of alkyl carbamates (subject to hydrolysis) is 1. The number of aliphatic imine (C=N–C) groups is 1. The second-order valence-electron chi connectivity index (χ2n) is 8.59. The fraction of sp³-hybridized carbons (Fsp3) is 0.636. The van der Waals surface area contributed by atoms with E-state index in [9.17, 15) is 4.79 Å². The van der Waals surface area contributed by atoms with Crippen LogP contribution in [-0.2, 0) is 10.2 Å². The molecule has 0 aromatic heterocycles. The summed E-state index contributed by atoms with van der Waals surface area (Å²) in [5, 5.41) is 9.36. The molecule has 8 nitrogen and oxygen atoms in total. The zero-order chi connectivity index (χ0) is 22.8. The molecule has 0 unspecified atom stereocenters. The lowest BCUT2D eigenvalue weighted by atomic mass is 9.84. The van der Waals surface area contributed by atoms with Crippen LogP contribution in [0.3, 0.4) is 0 Å². The molecule has 0 aliphatic rings.